The number of aliphatic carboxylic acids is 1. The molecule has 0 aliphatic carbocycles. The number of carboxylic acids is 1. The van der Waals surface area contributed by atoms with Gasteiger partial charge >= 0.3 is 11.9 Å². The van der Waals surface area contributed by atoms with E-state index in [0.717, 1.165) is 25.7 Å². The zero-order valence-corrected chi connectivity index (χ0v) is 13.2. The van der Waals surface area contributed by atoms with Crippen molar-refractivity contribution in [3.05, 3.63) is 0 Å². The Morgan fingerprint density at radius 3 is 2.15 bits per heavy atom. The normalized spacial score (nSPS) is 13.8. The van der Waals surface area contributed by atoms with Gasteiger partial charge in [-0.1, -0.05) is 33.6 Å². The lowest BCUT2D eigenvalue weighted by molar-refractivity contribution is -0.152. The maximum Gasteiger partial charge on any atom is 0.306 e. The molecule has 2 unspecified atom stereocenters. The lowest BCUT2D eigenvalue weighted by atomic mass is 9.92. The van der Waals surface area contributed by atoms with Crippen LogP contribution in [0.5, 0.6) is 0 Å². The average Bonchev–Trinajstić information content (AvgIpc) is 2.42. The molecule has 0 saturated carbocycles. The molecule has 0 spiro atoms. The van der Waals surface area contributed by atoms with Crippen LogP contribution in [0.25, 0.3) is 0 Å². The predicted molar refractivity (Wildman–Crippen MR) is 79.6 cm³/mol. The minimum atomic E-state index is -0.810. The molecular formula is C16H30O4. The number of esters is 1. The van der Waals surface area contributed by atoms with E-state index in [-0.39, 0.29) is 18.5 Å². The Morgan fingerprint density at radius 2 is 1.65 bits per heavy atom. The van der Waals surface area contributed by atoms with Crippen LogP contribution >= 0.6 is 0 Å². The summed E-state index contributed by atoms with van der Waals surface area (Å²) in [6.07, 6.45) is 6.92. The first-order valence-corrected chi connectivity index (χ1v) is 7.96. The van der Waals surface area contributed by atoms with Gasteiger partial charge in [0.05, 0.1) is 0 Å². The van der Waals surface area contributed by atoms with Crippen molar-refractivity contribution >= 4 is 11.9 Å². The molecule has 20 heavy (non-hydrogen) atoms. The van der Waals surface area contributed by atoms with Crippen LogP contribution in [-0.4, -0.2) is 23.1 Å². The zero-order chi connectivity index (χ0) is 15.4. The van der Waals surface area contributed by atoms with Crippen LogP contribution in [0.1, 0.15) is 78.6 Å². The van der Waals surface area contributed by atoms with Crippen LogP contribution < -0.4 is 0 Å². The fourth-order valence-electron chi connectivity index (χ4n) is 2.41. The second kappa shape index (κ2) is 11.7. The van der Waals surface area contributed by atoms with Crippen LogP contribution in [0.3, 0.4) is 0 Å². The van der Waals surface area contributed by atoms with Gasteiger partial charge in [-0.2, -0.15) is 0 Å². The van der Waals surface area contributed by atoms with E-state index in [0.29, 0.717) is 25.2 Å². The molecule has 0 aromatic carbocycles. The highest BCUT2D eigenvalue weighted by Gasteiger charge is 2.21. The van der Waals surface area contributed by atoms with Gasteiger partial charge < -0.3 is 9.84 Å². The van der Waals surface area contributed by atoms with Crippen molar-refractivity contribution < 1.29 is 19.4 Å². The largest absolute Gasteiger partial charge is 0.481 e. The summed E-state index contributed by atoms with van der Waals surface area (Å²) in [5.41, 5.74) is 0. The molecule has 0 aliphatic heterocycles. The third kappa shape index (κ3) is 8.94. The minimum Gasteiger partial charge on any atom is -0.481 e. The molecule has 0 aromatic heterocycles. The molecule has 0 radical (unpaired) electrons. The fourth-order valence-corrected chi connectivity index (χ4v) is 2.41. The van der Waals surface area contributed by atoms with E-state index in [1.165, 1.54) is 6.42 Å². The van der Waals surface area contributed by atoms with E-state index in [9.17, 15) is 9.59 Å². The van der Waals surface area contributed by atoms with Gasteiger partial charge in [-0.05, 0) is 38.0 Å². The highest BCUT2D eigenvalue weighted by Crippen LogP contribution is 2.22. The molecule has 118 valence electrons. The number of carbonyl (C=O) groups is 2. The van der Waals surface area contributed by atoms with Gasteiger partial charge in [-0.3, -0.25) is 9.59 Å². The molecule has 0 heterocycles. The van der Waals surface area contributed by atoms with Crippen LogP contribution in [0.4, 0.5) is 0 Å². The predicted octanol–water partition coefficient (Wildman–Crippen LogP) is 4.17. The first kappa shape index (κ1) is 18.9. The van der Waals surface area contributed by atoms with E-state index in [2.05, 4.69) is 20.8 Å². The smallest absolute Gasteiger partial charge is 0.306 e. The lowest BCUT2D eigenvalue weighted by Crippen LogP contribution is -2.26. The van der Waals surface area contributed by atoms with E-state index in [1.807, 2.05) is 0 Å². The SMILES string of the molecule is CCCCC(CC)C(CC)OC(=O)CCCCC(=O)O. The maximum absolute atomic E-state index is 11.8. The first-order chi connectivity index (χ1) is 9.54. The summed E-state index contributed by atoms with van der Waals surface area (Å²) in [7, 11) is 0. The lowest BCUT2D eigenvalue weighted by Gasteiger charge is -2.25. The van der Waals surface area contributed by atoms with E-state index in [1.54, 1.807) is 0 Å². The highest BCUT2D eigenvalue weighted by molar-refractivity contribution is 5.70. The number of hydrogen-bond acceptors (Lipinski definition) is 3. The fraction of sp³-hybridized carbons (Fsp3) is 0.875. The van der Waals surface area contributed by atoms with E-state index < -0.39 is 5.97 Å². The first-order valence-electron chi connectivity index (χ1n) is 7.96. The second-order valence-corrected chi connectivity index (χ2v) is 5.35. The summed E-state index contributed by atoms with van der Waals surface area (Å²) < 4.78 is 5.57. The van der Waals surface area contributed by atoms with Crippen molar-refractivity contribution in [3.8, 4) is 0 Å². The van der Waals surface area contributed by atoms with Crippen molar-refractivity contribution in [1.82, 2.24) is 0 Å². The second-order valence-electron chi connectivity index (χ2n) is 5.35. The Labute approximate surface area is 122 Å². The summed E-state index contributed by atoms with van der Waals surface area (Å²) >= 11 is 0. The Kier molecular flexibility index (Phi) is 11.1. The average molecular weight is 286 g/mol. The standard InChI is InChI=1S/C16H30O4/c1-4-7-10-13(5-2)14(6-3)20-16(19)12-9-8-11-15(17)18/h13-14H,4-12H2,1-3H3,(H,17,18). The van der Waals surface area contributed by atoms with Crippen LogP contribution in [0.15, 0.2) is 0 Å². The van der Waals surface area contributed by atoms with Crippen LogP contribution in [0.2, 0.25) is 0 Å². The minimum absolute atomic E-state index is 0.0125. The van der Waals surface area contributed by atoms with Crippen molar-refractivity contribution in [3.63, 3.8) is 0 Å². The van der Waals surface area contributed by atoms with Gasteiger partial charge in [0.15, 0.2) is 0 Å². The van der Waals surface area contributed by atoms with Gasteiger partial charge in [0, 0.05) is 12.8 Å². The summed E-state index contributed by atoms with van der Waals surface area (Å²) in [5, 5.41) is 8.53. The Bertz CT molecular complexity index is 276. The third-order valence-corrected chi connectivity index (χ3v) is 3.69. The highest BCUT2D eigenvalue weighted by atomic mass is 16.5. The zero-order valence-electron chi connectivity index (χ0n) is 13.2. The molecule has 4 heteroatoms. The van der Waals surface area contributed by atoms with Crippen molar-refractivity contribution in [1.29, 1.82) is 0 Å². The molecule has 4 nitrogen and oxygen atoms in total. The van der Waals surface area contributed by atoms with Crippen molar-refractivity contribution in [2.45, 2.75) is 84.7 Å². The molecular weight excluding hydrogens is 256 g/mol. The van der Waals surface area contributed by atoms with Gasteiger partial charge in [0.25, 0.3) is 0 Å². The van der Waals surface area contributed by atoms with Gasteiger partial charge in [-0.15, -0.1) is 0 Å². The topological polar surface area (TPSA) is 63.6 Å². The van der Waals surface area contributed by atoms with Crippen molar-refractivity contribution in [2.24, 2.45) is 5.92 Å². The molecule has 0 amide bonds. The summed E-state index contributed by atoms with van der Waals surface area (Å²) in [6.45, 7) is 6.36. The number of carboxylic acid groups (broad SMARTS) is 1. The Hall–Kier alpha value is -1.06. The molecule has 0 rings (SSSR count). The van der Waals surface area contributed by atoms with Gasteiger partial charge in [0.2, 0.25) is 0 Å². The van der Waals surface area contributed by atoms with Gasteiger partial charge in [-0.25, -0.2) is 0 Å². The third-order valence-electron chi connectivity index (χ3n) is 3.69. The van der Waals surface area contributed by atoms with E-state index in [4.69, 9.17) is 9.84 Å². The number of hydrogen-bond donors (Lipinski definition) is 1. The molecule has 2 atom stereocenters. The molecule has 1 N–H and O–H groups in total. The van der Waals surface area contributed by atoms with Crippen LogP contribution in [-0.2, 0) is 14.3 Å². The molecule has 0 fully saturated rings. The summed E-state index contributed by atoms with van der Waals surface area (Å²) in [4.78, 5) is 22.2. The summed E-state index contributed by atoms with van der Waals surface area (Å²) in [6, 6.07) is 0. The summed E-state index contributed by atoms with van der Waals surface area (Å²) in [5.74, 6) is -0.546. The molecule has 0 bridgehead atoms. The number of carbonyl (C=O) groups excluding carboxylic acids is 1. The monoisotopic (exact) mass is 286 g/mol. The maximum atomic E-state index is 11.8. The number of ether oxygens (including phenoxy) is 1. The Morgan fingerprint density at radius 1 is 1.00 bits per heavy atom. The molecule has 0 saturated heterocycles. The van der Waals surface area contributed by atoms with E-state index >= 15 is 0 Å². The van der Waals surface area contributed by atoms with Crippen LogP contribution in [0, 0.1) is 5.92 Å². The van der Waals surface area contributed by atoms with Gasteiger partial charge in [0.1, 0.15) is 6.10 Å². The molecule has 0 aliphatic rings. The number of unbranched alkanes of at least 4 members (excludes halogenated alkanes) is 2. The Balaban J connectivity index is 4.06. The number of rotatable bonds is 12. The quantitative estimate of drug-likeness (QED) is 0.432. The van der Waals surface area contributed by atoms with Crippen molar-refractivity contribution in [2.75, 3.05) is 0 Å². The molecule has 0 aromatic rings.